The van der Waals surface area contributed by atoms with Crippen molar-refractivity contribution in [2.45, 2.75) is 26.3 Å². The summed E-state index contributed by atoms with van der Waals surface area (Å²) >= 11 is 6.27. The Kier molecular flexibility index (Phi) is 5.80. The minimum Gasteiger partial charge on any atom is -0.268 e. The first-order chi connectivity index (χ1) is 14.1. The molecule has 30 heavy (non-hydrogen) atoms. The minimum absolute atomic E-state index is 0.0749. The number of rotatable bonds is 4. The molecule has 0 bridgehead atoms. The fraction of sp³-hybridized carbons (Fsp3) is 0.200. The van der Waals surface area contributed by atoms with Crippen LogP contribution in [0.15, 0.2) is 40.2 Å². The van der Waals surface area contributed by atoms with E-state index in [9.17, 15) is 28.0 Å². The Balaban J connectivity index is 2.33. The molecule has 0 saturated carbocycles. The first kappa shape index (κ1) is 21.3. The average molecular weight is 435 g/mol. The van der Waals surface area contributed by atoms with E-state index in [0.29, 0.717) is 5.56 Å². The van der Waals surface area contributed by atoms with Crippen LogP contribution in [0.1, 0.15) is 29.7 Å². The zero-order valence-corrected chi connectivity index (χ0v) is 16.5. The lowest BCUT2D eigenvalue weighted by Gasteiger charge is -2.17. The third-order valence-electron chi connectivity index (χ3n) is 4.44. The van der Waals surface area contributed by atoms with Crippen LogP contribution in [0.25, 0.3) is 5.69 Å². The number of benzene rings is 1. The first-order valence-corrected chi connectivity index (χ1v) is 9.04. The smallest absolute Gasteiger partial charge is 0.268 e. The number of nitrogens with zero attached hydrogens (tertiary/aromatic N) is 4. The molecule has 6 nitrogen and oxygen atoms in total. The molecule has 0 radical (unpaired) electrons. The summed E-state index contributed by atoms with van der Waals surface area (Å²) in [5.41, 5.74) is -1.17. The van der Waals surface area contributed by atoms with E-state index < -0.39 is 41.2 Å². The van der Waals surface area contributed by atoms with Crippen molar-refractivity contribution in [3.8, 4) is 11.8 Å². The van der Waals surface area contributed by atoms with E-state index in [1.54, 1.807) is 6.92 Å². The van der Waals surface area contributed by atoms with E-state index in [1.807, 2.05) is 6.07 Å². The molecule has 0 aliphatic carbocycles. The van der Waals surface area contributed by atoms with E-state index in [0.717, 1.165) is 21.3 Å². The summed E-state index contributed by atoms with van der Waals surface area (Å²) < 4.78 is 42.2. The molecule has 0 fully saturated rings. The molecule has 2 aromatic heterocycles. The van der Waals surface area contributed by atoms with Gasteiger partial charge in [0.2, 0.25) is 0 Å². The average Bonchev–Trinajstić information content (AvgIpc) is 2.69. The second-order valence-electron chi connectivity index (χ2n) is 6.64. The third kappa shape index (κ3) is 3.74. The van der Waals surface area contributed by atoms with Crippen molar-refractivity contribution in [1.82, 2.24) is 14.1 Å². The SMILES string of the molecule is Cc1cncc(-n2c(=O)c(Cc3cc(F)c(F)c(F)c3)c(Cl)n(C(C)C#N)c2=O)c1. The van der Waals surface area contributed by atoms with Crippen molar-refractivity contribution in [3.63, 3.8) is 0 Å². The highest BCUT2D eigenvalue weighted by Gasteiger charge is 2.23. The molecule has 10 heteroatoms. The van der Waals surface area contributed by atoms with Crippen LogP contribution in [0.2, 0.25) is 5.15 Å². The zero-order chi connectivity index (χ0) is 22.2. The standard InChI is InChI=1S/C20H14ClF3N4O2/c1-10-3-13(9-26-8-10)28-19(29)14(18(21)27(20(28)30)11(2)7-25)4-12-5-15(22)17(24)16(23)6-12/h3,5-6,8-9,11H,4H2,1-2H3. The van der Waals surface area contributed by atoms with Crippen molar-refractivity contribution in [3.05, 3.63) is 90.7 Å². The van der Waals surface area contributed by atoms with E-state index in [4.69, 9.17) is 11.6 Å². The fourth-order valence-corrected chi connectivity index (χ4v) is 3.36. The van der Waals surface area contributed by atoms with E-state index in [2.05, 4.69) is 4.98 Å². The lowest BCUT2D eigenvalue weighted by molar-refractivity contribution is 0.445. The summed E-state index contributed by atoms with van der Waals surface area (Å²) in [4.78, 5) is 30.1. The van der Waals surface area contributed by atoms with Crippen molar-refractivity contribution < 1.29 is 13.2 Å². The van der Waals surface area contributed by atoms with Gasteiger partial charge in [-0.25, -0.2) is 22.5 Å². The minimum atomic E-state index is -1.64. The van der Waals surface area contributed by atoms with Crippen molar-refractivity contribution in [2.24, 2.45) is 0 Å². The molecule has 3 aromatic rings. The summed E-state index contributed by atoms with van der Waals surface area (Å²) in [7, 11) is 0. The Labute approximate surface area is 173 Å². The lowest BCUT2D eigenvalue weighted by Crippen LogP contribution is -2.42. The molecule has 1 unspecified atom stereocenters. The quantitative estimate of drug-likeness (QED) is 0.465. The maximum Gasteiger partial charge on any atom is 0.337 e. The molecule has 0 amide bonds. The molecule has 0 saturated heterocycles. The highest BCUT2D eigenvalue weighted by atomic mass is 35.5. The number of aryl methyl sites for hydroxylation is 1. The van der Waals surface area contributed by atoms with Gasteiger partial charge in [0, 0.05) is 12.6 Å². The van der Waals surface area contributed by atoms with Crippen LogP contribution in [0.4, 0.5) is 13.2 Å². The van der Waals surface area contributed by atoms with Gasteiger partial charge in [-0.15, -0.1) is 0 Å². The molecule has 0 spiro atoms. The number of hydrogen-bond acceptors (Lipinski definition) is 4. The third-order valence-corrected chi connectivity index (χ3v) is 4.85. The molecule has 154 valence electrons. The van der Waals surface area contributed by atoms with Gasteiger partial charge in [-0.2, -0.15) is 5.26 Å². The van der Waals surface area contributed by atoms with Gasteiger partial charge in [0.05, 0.1) is 23.5 Å². The summed E-state index contributed by atoms with van der Waals surface area (Å²) in [5.74, 6) is -4.50. The van der Waals surface area contributed by atoms with Gasteiger partial charge in [0.15, 0.2) is 17.5 Å². The molecule has 0 aliphatic rings. The van der Waals surface area contributed by atoms with Crippen LogP contribution >= 0.6 is 11.6 Å². The number of aromatic nitrogens is 3. The van der Waals surface area contributed by atoms with Gasteiger partial charge < -0.3 is 0 Å². The van der Waals surface area contributed by atoms with Gasteiger partial charge in [-0.1, -0.05) is 11.6 Å². The molecule has 0 aliphatic heterocycles. The molecule has 1 aromatic carbocycles. The van der Waals surface area contributed by atoms with Crippen molar-refractivity contribution in [1.29, 1.82) is 5.26 Å². The summed E-state index contributed by atoms with van der Waals surface area (Å²) in [6.45, 7) is 3.11. The molecule has 1 atom stereocenters. The Morgan fingerprint density at radius 3 is 2.37 bits per heavy atom. The normalized spacial score (nSPS) is 11.9. The van der Waals surface area contributed by atoms with Gasteiger partial charge >= 0.3 is 5.69 Å². The lowest BCUT2D eigenvalue weighted by atomic mass is 10.1. The molecule has 2 heterocycles. The van der Waals surface area contributed by atoms with Gasteiger partial charge in [0.25, 0.3) is 5.56 Å². The van der Waals surface area contributed by atoms with Gasteiger partial charge in [0.1, 0.15) is 11.2 Å². The highest BCUT2D eigenvalue weighted by Crippen LogP contribution is 2.21. The number of hydrogen-bond donors (Lipinski definition) is 0. The Morgan fingerprint density at radius 1 is 1.17 bits per heavy atom. The molecular formula is C20H14ClF3N4O2. The van der Waals surface area contributed by atoms with Crippen LogP contribution in [-0.4, -0.2) is 14.1 Å². The Bertz CT molecular complexity index is 1290. The largest absolute Gasteiger partial charge is 0.337 e. The molecule has 0 N–H and O–H groups in total. The zero-order valence-electron chi connectivity index (χ0n) is 15.8. The van der Waals surface area contributed by atoms with Crippen LogP contribution in [0.5, 0.6) is 0 Å². The second kappa shape index (κ2) is 8.16. The summed E-state index contributed by atoms with van der Waals surface area (Å²) in [5, 5.41) is 8.94. The Hall–Kier alpha value is -3.38. The maximum absolute atomic E-state index is 13.6. The van der Waals surface area contributed by atoms with E-state index >= 15 is 0 Å². The van der Waals surface area contributed by atoms with Crippen LogP contribution < -0.4 is 11.2 Å². The molecular weight excluding hydrogens is 421 g/mol. The predicted octanol–water partition coefficient (Wildman–Crippen LogP) is 3.45. The van der Waals surface area contributed by atoms with E-state index in [-0.39, 0.29) is 22.0 Å². The number of halogens is 4. The van der Waals surface area contributed by atoms with Crippen molar-refractivity contribution >= 4 is 11.6 Å². The van der Waals surface area contributed by atoms with Crippen molar-refractivity contribution in [2.75, 3.05) is 0 Å². The van der Waals surface area contributed by atoms with E-state index in [1.165, 1.54) is 25.4 Å². The summed E-state index contributed by atoms with van der Waals surface area (Å²) in [6, 6.07) is 3.82. The number of pyridine rings is 1. The summed E-state index contributed by atoms with van der Waals surface area (Å²) in [6.07, 6.45) is 2.40. The highest BCUT2D eigenvalue weighted by molar-refractivity contribution is 6.30. The topological polar surface area (TPSA) is 80.7 Å². The van der Waals surface area contributed by atoms with Crippen LogP contribution in [0.3, 0.4) is 0 Å². The molecule has 3 rings (SSSR count). The monoisotopic (exact) mass is 434 g/mol. The first-order valence-electron chi connectivity index (χ1n) is 8.66. The number of nitriles is 1. The fourth-order valence-electron chi connectivity index (χ4n) is 2.99. The Morgan fingerprint density at radius 2 is 1.80 bits per heavy atom. The van der Waals surface area contributed by atoms with Crippen LogP contribution in [0, 0.1) is 35.7 Å². The van der Waals surface area contributed by atoms with Gasteiger partial charge in [-0.05, 0) is 43.2 Å². The maximum atomic E-state index is 13.6. The van der Waals surface area contributed by atoms with Gasteiger partial charge in [-0.3, -0.25) is 14.3 Å². The predicted molar refractivity (Wildman–Crippen MR) is 103 cm³/mol. The van der Waals surface area contributed by atoms with Crippen LogP contribution in [-0.2, 0) is 6.42 Å². The second-order valence-corrected chi connectivity index (χ2v) is 7.00.